The van der Waals surface area contributed by atoms with E-state index in [4.69, 9.17) is 19.5 Å². The first-order chi connectivity index (χ1) is 21.2. The third-order valence-corrected chi connectivity index (χ3v) is 8.12. The van der Waals surface area contributed by atoms with E-state index in [1.165, 1.54) is 22.3 Å². The van der Waals surface area contributed by atoms with Crippen LogP contribution in [0.15, 0.2) is 131 Å². The summed E-state index contributed by atoms with van der Waals surface area (Å²) in [6, 6.07) is 43.2. The molecule has 5 aromatic rings. The van der Waals surface area contributed by atoms with Crippen LogP contribution in [0.1, 0.15) is 38.8 Å². The number of aliphatic imine (C=N–C) groups is 2. The fraction of sp³-hybridized carbons (Fsp3) is 0.200. The zero-order valence-corrected chi connectivity index (χ0v) is 25.7. The average molecular weight is 577 g/mol. The molecule has 2 aliphatic rings. The van der Waals surface area contributed by atoms with Crippen molar-refractivity contribution in [3.8, 4) is 44.5 Å². The number of nitrogens with zero attached hydrogens (tertiary/aromatic N) is 2. The lowest BCUT2D eigenvalue weighted by Gasteiger charge is -2.13. The smallest absolute Gasteiger partial charge is 0.216 e. The molecule has 0 amide bonds. The van der Waals surface area contributed by atoms with Crippen molar-refractivity contribution < 1.29 is 9.47 Å². The van der Waals surface area contributed by atoms with Crippen LogP contribution in [-0.2, 0) is 9.47 Å². The molecule has 4 nitrogen and oxygen atoms in total. The molecule has 0 fully saturated rings. The minimum Gasteiger partial charge on any atom is -0.475 e. The van der Waals surface area contributed by atoms with Gasteiger partial charge in [0.2, 0.25) is 11.8 Å². The molecule has 0 unspecified atom stereocenters. The number of rotatable bonds is 6. The summed E-state index contributed by atoms with van der Waals surface area (Å²) >= 11 is 0. The Balaban J connectivity index is 1.26. The van der Waals surface area contributed by atoms with Crippen molar-refractivity contribution in [1.82, 2.24) is 0 Å². The van der Waals surface area contributed by atoms with Gasteiger partial charge in [0.1, 0.15) is 13.2 Å². The van der Waals surface area contributed by atoms with Crippen LogP contribution in [0.3, 0.4) is 0 Å². The zero-order chi connectivity index (χ0) is 30.3. The largest absolute Gasteiger partial charge is 0.475 e. The van der Waals surface area contributed by atoms with Gasteiger partial charge in [0.05, 0.1) is 11.1 Å². The van der Waals surface area contributed by atoms with Gasteiger partial charge in [-0.2, -0.15) is 0 Å². The summed E-state index contributed by atoms with van der Waals surface area (Å²) in [6.45, 7) is 9.58. The maximum absolute atomic E-state index is 5.89. The molecule has 0 bridgehead atoms. The lowest BCUT2D eigenvalue weighted by atomic mass is 9.92. The second-order valence-electron chi connectivity index (χ2n) is 12.9. The van der Waals surface area contributed by atoms with Crippen molar-refractivity contribution >= 4 is 11.8 Å². The van der Waals surface area contributed by atoms with Gasteiger partial charge in [-0.15, -0.1) is 0 Å². The van der Waals surface area contributed by atoms with E-state index < -0.39 is 0 Å². The summed E-state index contributed by atoms with van der Waals surface area (Å²) in [7, 11) is 0. The van der Waals surface area contributed by atoms with Gasteiger partial charge in [-0.05, 0) is 115 Å². The molecule has 2 heterocycles. The molecule has 44 heavy (non-hydrogen) atoms. The maximum atomic E-state index is 5.89. The summed E-state index contributed by atoms with van der Waals surface area (Å²) in [6.07, 6.45) is 0. The molecule has 4 heteroatoms. The van der Waals surface area contributed by atoms with Crippen molar-refractivity contribution in [3.63, 3.8) is 0 Å². The van der Waals surface area contributed by atoms with Crippen LogP contribution >= 0.6 is 0 Å². The number of ether oxygens (including phenoxy) is 2. The number of hydrogen-bond acceptors (Lipinski definition) is 4. The Morgan fingerprint density at radius 1 is 0.386 bits per heavy atom. The Kier molecular flexibility index (Phi) is 6.93. The van der Waals surface area contributed by atoms with Crippen molar-refractivity contribution in [2.24, 2.45) is 9.98 Å². The second-order valence-corrected chi connectivity index (χ2v) is 12.9. The van der Waals surface area contributed by atoms with Crippen LogP contribution in [0.5, 0.6) is 0 Å². The fourth-order valence-electron chi connectivity index (χ4n) is 5.69. The minimum atomic E-state index is -0.185. The van der Waals surface area contributed by atoms with Gasteiger partial charge in [0, 0.05) is 11.1 Å². The fourth-order valence-corrected chi connectivity index (χ4v) is 5.69. The van der Waals surface area contributed by atoms with E-state index in [0.29, 0.717) is 25.0 Å². The monoisotopic (exact) mass is 576 g/mol. The van der Waals surface area contributed by atoms with Crippen molar-refractivity contribution in [3.05, 3.63) is 132 Å². The average Bonchev–Trinajstić information content (AvgIpc) is 3.62. The highest BCUT2D eigenvalue weighted by molar-refractivity contribution is 5.97. The molecule has 0 spiro atoms. The highest BCUT2D eigenvalue weighted by atomic mass is 16.5. The summed E-state index contributed by atoms with van der Waals surface area (Å²) in [5.74, 6) is 1.43. The molecule has 5 aromatic carbocycles. The predicted molar refractivity (Wildman–Crippen MR) is 181 cm³/mol. The topological polar surface area (TPSA) is 43.2 Å². The highest BCUT2D eigenvalue weighted by Crippen LogP contribution is 2.35. The Labute approximate surface area is 259 Å². The van der Waals surface area contributed by atoms with Crippen LogP contribution in [0.4, 0.5) is 0 Å². The van der Waals surface area contributed by atoms with Gasteiger partial charge in [-0.25, -0.2) is 9.98 Å². The van der Waals surface area contributed by atoms with Gasteiger partial charge < -0.3 is 9.47 Å². The molecule has 0 saturated carbocycles. The normalized spacial score (nSPS) is 16.5. The van der Waals surface area contributed by atoms with Crippen LogP contribution in [-0.4, -0.2) is 36.1 Å². The molecule has 0 atom stereocenters. The van der Waals surface area contributed by atoms with Gasteiger partial charge in [-0.1, -0.05) is 78.9 Å². The molecular formula is C40H36N2O2. The molecule has 0 aliphatic carbocycles. The van der Waals surface area contributed by atoms with Crippen LogP contribution < -0.4 is 0 Å². The molecule has 0 radical (unpaired) electrons. The lowest BCUT2D eigenvalue weighted by Crippen LogP contribution is -2.17. The van der Waals surface area contributed by atoms with Gasteiger partial charge in [0.25, 0.3) is 0 Å². The first kappa shape index (κ1) is 27.8. The molecule has 2 aliphatic heterocycles. The van der Waals surface area contributed by atoms with Crippen LogP contribution in [0.25, 0.3) is 44.5 Å². The molecular weight excluding hydrogens is 540 g/mol. The van der Waals surface area contributed by atoms with E-state index in [1.807, 2.05) is 6.07 Å². The summed E-state index contributed by atoms with van der Waals surface area (Å²) in [5.41, 5.74) is 11.0. The van der Waals surface area contributed by atoms with E-state index in [-0.39, 0.29) is 11.1 Å². The van der Waals surface area contributed by atoms with E-state index in [0.717, 1.165) is 33.4 Å². The Bertz CT molecular complexity index is 1770. The van der Waals surface area contributed by atoms with Gasteiger partial charge in [-0.3, -0.25) is 0 Å². The second kappa shape index (κ2) is 10.9. The summed E-state index contributed by atoms with van der Waals surface area (Å²) in [4.78, 5) is 9.50. The van der Waals surface area contributed by atoms with E-state index in [1.54, 1.807) is 0 Å². The van der Waals surface area contributed by atoms with Crippen molar-refractivity contribution in [2.75, 3.05) is 13.2 Å². The molecule has 218 valence electrons. The first-order valence-corrected chi connectivity index (χ1v) is 15.2. The highest BCUT2D eigenvalue weighted by Gasteiger charge is 2.28. The Morgan fingerprint density at radius 3 is 1.00 bits per heavy atom. The van der Waals surface area contributed by atoms with Crippen molar-refractivity contribution in [1.29, 1.82) is 0 Å². The maximum Gasteiger partial charge on any atom is 0.216 e. The molecule has 7 rings (SSSR count). The molecule has 0 saturated heterocycles. The quantitative estimate of drug-likeness (QED) is 0.202. The van der Waals surface area contributed by atoms with Gasteiger partial charge >= 0.3 is 0 Å². The van der Waals surface area contributed by atoms with Gasteiger partial charge in [0.15, 0.2) is 0 Å². The van der Waals surface area contributed by atoms with Crippen LogP contribution in [0, 0.1) is 0 Å². The van der Waals surface area contributed by atoms with E-state index in [9.17, 15) is 0 Å². The van der Waals surface area contributed by atoms with E-state index in [2.05, 4.69) is 143 Å². The zero-order valence-electron chi connectivity index (χ0n) is 25.7. The molecule has 0 N–H and O–H groups in total. The third-order valence-electron chi connectivity index (χ3n) is 8.12. The third kappa shape index (κ3) is 5.80. The lowest BCUT2D eigenvalue weighted by molar-refractivity contribution is 0.279. The Morgan fingerprint density at radius 2 is 0.682 bits per heavy atom. The first-order valence-electron chi connectivity index (χ1n) is 15.2. The van der Waals surface area contributed by atoms with Crippen molar-refractivity contribution in [2.45, 2.75) is 38.8 Å². The van der Waals surface area contributed by atoms with Crippen LogP contribution in [0.2, 0.25) is 0 Å². The SMILES string of the molecule is CC1(C)COC(c2ccc(-c3cc(-c4ccc(C5=NC(C)(C)CO5)cc4)cc(-c4ccc(-c5ccccc5)cc4)c3)cc2)=N1. The summed E-state index contributed by atoms with van der Waals surface area (Å²) in [5, 5.41) is 0. The number of hydrogen-bond donors (Lipinski definition) is 0. The summed E-state index contributed by atoms with van der Waals surface area (Å²) < 4.78 is 11.8. The number of benzene rings is 5. The molecule has 0 aromatic heterocycles. The standard InChI is InChI=1S/C40H36N2O2/c1-39(2)25-43-37(41-39)32-18-14-30(15-19-32)35-22-34(29-12-10-28(11-13-29)27-8-6-5-7-9-27)23-36(24-35)31-16-20-33(21-17-31)38-42-40(3,4)26-44-38/h5-24H,25-26H2,1-4H3. The van der Waals surface area contributed by atoms with E-state index >= 15 is 0 Å². The Hall–Kier alpha value is -4.96. The predicted octanol–water partition coefficient (Wildman–Crippen LogP) is 9.47. The minimum absolute atomic E-state index is 0.185.